The predicted molar refractivity (Wildman–Crippen MR) is 46.6 cm³/mol. The summed E-state index contributed by atoms with van der Waals surface area (Å²) in [5.41, 5.74) is 0.560. The lowest BCUT2D eigenvalue weighted by Gasteiger charge is -1.96. The Hall–Kier alpha value is -1.58. The first-order chi connectivity index (χ1) is 6.36. The topological polar surface area (TPSA) is 50.4 Å². The second-order valence-corrected chi connectivity index (χ2v) is 3.42. The highest BCUT2D eigenvalue weighted by Gasteiger charge is 2.28. The van der Waals surface area contributed by atoms with Gasteiger partial charge in [-0.1, -0.05) is 0 Å². The van der Waals surface area contributed by atoms with E-state index in [2.05, 4.69) is 10.2 Å². The molecule has 1 fully saturated rings. The normalized spacial score (nSPS) is 16.6. The van der Waals surface area contributed by atoms with E-state index in [-0.39, 0.29) is 5.75 Å². The van der Waals surface area contributed by atoms with Gasteiger partial charge in [0, 0.05) is 12.1 Å². The first-order valence-electron chi connectivity index (χ1n) is 4.39. The number of nitrogens with zero attached hydrogens (tertiary/aromatic N) is 3. The molecule has 3 rings (SSSR count). The van der Waals surface area contributed by atoms with Crippen LogP contribution in [0.5, 0.6) is 5.75 Å². The van der Waals surface area contributed by atoms with Crippen LogP contribution in [0.1, 0.15) is 24.6 Å². The number of aromatic nitrogens is 3. The molecule has 2 heterocycles. The minimum absolute atomic E-state index is 0.196. The molecule has 66 valence electrons. The molecule has 4 heteroatoms. The highest BCUT2D eigenvalue weighted by atomic mass is 16.3. The molecule has 0 spiro atoms. The van der Waals surface area contributed by atoms with Crippen LogP contribution >= 0.6 is 0 Å². The molecule has 0 aliphatic heterocycles. The smallest absolute Gasteiger partial charge is 0.203 e. The summed E-state index contributed by atoms with van der Waals surface area (Å²) in [6.45, 7) is 0. The zero-order valence-corrected chi connectivity index (χ0v) is 7.01. The molecule has 2 aromatic rings. The number of hydrogen-bond acceptors (Lipinski definition) is 3. The van der Waals surface area contributed by atoms with Gasteiger partial charge >= 0.3 is 0 Å². The number of aromatic hydroxyl groups is 1. The summed E-state index contributed by atoms with van der Waals surface area (Å²) in [7, 11) is 0. The Morgan fingerprint density at radius 1 is 1.38 bits per heavy atom. The van der Waals surface area contributed by atoms with Crippen LogP contribution in [0.4, 0.5) is 0 Å². The average molecular weight is 175 g/mol. The second-order valence-electron chi connectivity index (χ2n) is 3.42. The molecule has 0 aromatic carbocycles. The van der Waals surface area contributed by atoms with E-state index in [0.717, 1.165) is 5.82 Å². The Bertz CT molecular complexity index is 459. The molecule has 13 heavy (non-hydrogen) atoms. The summed E-state index contributed by atoms with van der Waals surface area (Å²) in [4.78, 5) is 0. The largest absolute Gasteiger partial charge is 0.504 e. The van der Waals surface area contributed by atoms with E-state index in [1.165, 1.54) is 12.8 Å². The van der Waals surface area contributed by atoms with Crippen molar-refractivity contribution in [2.45, 2.75) is 18.8 Å². The van der Waals surface area contributed by atoms with Crippen molar-refractivity contribution in [3.05, 3.63) is 24.2 Å². The van der Waals surface area contributed by atoms with Gasteiger partial charge in [0.2, 0.25) is 5.65 Å². The predicted octanol–water partition coefficient (Wildman–Crippen LogP) is 1.31. The van der Waals surface area contributed by atoms with Crippen molar-refractivity contribution < 1.29 is 5.11 Å². The summed E-state index contributed by atoms with van der Waals surface area (Å²) < 4.78 is 1.87. The molecule has 1 aliphatic rings. The van der Waals surface area contributed by atoms with Gasteiger partial charge in [0.15, 0.2) is 5.75 Å². The van der Waals surface area contributed by atoms with Gasteiger partial charge in [-0.05, 0) is 25.0 Å². The van der Waals surface area contributed by atoms with Crippen LogP contribution in [0.2, 0.25) is 0 Å². The van der Waals surface area contributed by atoms with Crippen LogP contribution in [0.3, 0.4) is 0 Å². The zero-order chi connectivity index (χ0) is 8.84. The Kier molecular flexibility index (Phi) is 1.17. The molecule has 2 aromatic heterocycles. The molecule has 1 aliphatic carbocycles. The lowest BCUT2D eigenvalue weighted by Crippen LogP contribution is -1.90. The van der Waals surface area contributed by atoms with Gasteiger partial charge in [-0.15, -0.1) is 10.2 Å². The zero-order valence-electron chi connectivity index (χ0n) is 7.01. The Morgan fingerprint density at radius 3 is 3.00 bits per heavy atom. The lowest BCUT2D eigenvalue weighted by molar-refractivity contribution is 0.477. The highest BCUT2D eigenvalue weighted by molar-refractivity contribution is 5.52. The van der Waals surface area contributed by atoms with Gasteiger partial charge in [0.25, 0.3) is 0 Å². The first kappa shape index (κ1) is 6.88. The summed E-state index contributed by atoms with van der Waals surface area (Å²) in [6, 6.07) is 3.43. The average Bonchev–Trinajstić information content (AvgIpc) is 2.87. The Labute approximate surface area is 74.8 Å². The summed E-state index contributed by atoms with van der Waals surface area (Å²) in [6.07, 6.45) is 4.27. The van der Waals surface area contributed by atoms with E-state index in [9.17, 15) is 5.11 Å². The second kappa shape index (κ2) is 2.22. The minimum Gasteiger partial charge on any atom is -0.504 e. The van der Waals surface area contributed by atoms with E-state index >= 15 is 0 Å². The van der Waals surface area contributed by atoms with Crippen molar-refractivity contribution in [1.82, 2.24) is 14.6 Å². The van der Waals surface area contributed by atoms with Crippen molar-refractivity contribution in [2.75, 3.05) is 0 Å². The van der Waals surface area contributed by atoms with Crippen LogP contribution < -0.4 is 0 Å². The van der Waals surface area contributed by atoms with E-state index in [0.29, 0.717) is 11.6 Å². The lowest BCUT2D eigenvalue weighted by atomic mass is 10.4. The van der Waals surface area contributed by atoms with Gasteiger partial charge in [-0.3, -0.25) is 4.40 Å². The van der Waals surface area contributed by atoms with Crippen LogP contribution in [-0.2, 0) is 0 Å². The molecule has 0 saturated heterocycles. The summed E-state index contributed by atoms with van der Waals surface area (Å²) in [5.74, 6) is 1.73. The third-order valence-corrected chi connectivity index (χ3v) is 2.38. The van der Waals surface area contributed by atoms with Crippen LogP contribution in [0, 0.1) is 0 Å². The quantitative estimate of drug-likeness (QED) is 0.711. The Balaban J connectivity index is 2.32. The maximum atomic E-state index is 9.46. The molecule has 1 N–H and O–H groups in total. The van der Waals surface area contributed by atoms with Crippen molar-refractivity contribution in [2.24, 2.45) is 0 Å². The fourth-order valence-corrected chi connectivity index (χ4v) is 1.54. The van der Waals surface area contributed by atoms with Crippen molar-refractivity contribution in [1.29, 1.82) is 0 Å². The third kappa shape index (κ3) is 0.915. The van der Waals surface area contributed by atoms with E-state index in [1.54, 1.807) is 12.1 Å². The highest BCUT2D eigenvalue weighted by Crippen LogP contribution is 2.39. The maximum absolute atomic E-state index is 9.46. The molecular formula is C9H9N3O. The van der Waals surface area contributed by atoms with Crippen LogP contribution in [-0.4, -0.2) is 19.7 Å². The van der Waals surface area contributed by atoms with Crippen LogP contribution in [0.15, 0.2) is 18.3 Å². The molecule has 0 bridgehead atoms. The SMILES string of the molecule is Oc1cccn2c(C3CC3)nnc12. The van der Waals surface area contributed by atoms with Crippen molar-refractivity contribution >= 4 is 5.65 Å². The molecule has 1 saturated carbocycles. The third-order valence-electron chi connectivity index (χ3n) is 2.38. The molecular weight excluding hydrogens is 166 g/mol. The van der Waals surface area contributed by atoms with E-state index in [1.807, 2.05) is 10.6 Å². The number of hydrogen-bond donors (Lipinski definition) is 1. The molecule has 4 nitrogen and oxygen atoms in total. The molecule has 0 atom stereocenters. The van der Waals surface area contributed by atoms with Crippen LogP contribution in [0.25, 0.3) is 5.65 Å². The fourth-order valence-electron chi connectivity index (χ4n) is 1.54. The summed E-state index contributed by atoms with van der Waals surface area (Å²) >= 11 is 0. The van der Waals surface area contributed by atoms with Gasteiger partial charge < -0.3 is 5.11 Å². The monoisotopic (exact) mass is 175 g/mol. The van der Waals surface area contributed by atoms with Gasteiger partial charge in [-0.2, -0.15) is 0 Å². The molecule has 0 amide bonds. The number of rotatable bonds is 1. The molecule has 0 unspecified atom stereocenters. The van der Waals surface area contributed by atoms with Gasteiger partial charge in [0.1, 0.15) is 5.82 Å². The maximum Gasteiger partial charge on any atom is 0.203 e. The number of pyridine rings is 1. The van der Waals surface area contributed by atoms with E-state index in [4.69, 9.17) is 0 Å². The Morgan fingerprint density at radius 2 is 2.23 bits per heavy atom. The first-order valence-corrected chi connectivity index (χ1v) is 4.39. The van der Waals surface area contributed by atoms with Crippen molar-refractivity contribution in [3.63, 3.8) is 0 Å². The van der Waals surface area contributed by atoms with Gasteiger partial charge in [-0.25, -0.2) is 0 Å². The molecule has 0 radical (unpaired) electrons. The summed E-state index contributed by atoms with van der Waals surface area (Å²) in [5, 5.41) is 17.5. The minimum atomic E-state index is 0.196. The fraction of sp³-hybridized carbons (Fsp3) is 0.333. The van der Waals surface area contributed by atoms with Crippen molar-refractivity contribution in [3.8, 4) is 5.75 Å². The standard InChI is InChI=1S/C9H9N3O/c13-7-2-1-5-12-8(6-3-4-6)10-11-9(7)12/h1-2,5-6,13H,3-4H2. The number of fused-ring (bicyclic) bond motifs is 1. The van der Waals surface area contributed by atoms with Gasteiger partial charge in [0.05, 0.1) is 0 Å². The van der Waals surface area contributed by atoms with E-state index < -0.39 is 0 Å².